The second-order valence-electron chi connectivity index (χ2n) is 4.15. The van der Waals surface area contributed by atoms with Gasteiger partial charge >= 0.3 is 0 Å². The number of aromatic nitrogens is 2. The molecule has 0 fully saturated rings. The van der Waals surface area contributed by atoms with Crippen LogP contribution in [0, 0.1) is 6.92 Å². The molecule has 3 nitrogen and oxygen atoms in total. The van der Waals surface area contributed by atoms with Crippen molar-refractivity contribution in [3.63, 3.8) is 0 Å². The molecule has 17 heavy (non-hydrogen) atoms. The van der Waals surface area contributed by atoms with Crippen LogP contribution in [-0.2, 0) is 6.42 Å². The lowest BCUT2D eigenvalue weighted by Gasteiger charge is -2.10. The summed E-state index contributed by atoms with van der Waals surface area (Å²) in [6.07, 6.45) is 6.38. The second kappa shape index (κ2) is 5.55. The molecule has 0 spiro atoms. The van der Waals surface area contributed by atoms with Gasteiger partial charge in [0.2, 0.25) is 0 Å². The molecule has 2 aromatic rings. The molecule has 0 aromatic carbocycles. The Balaban J connectivity index is 1.93. The van der Waals surface area contributed by atoms with Gasteiger partial charge in [0.15, 0.2) is 0 Å². The lowest BCUT2D eigenvalue weighted by atomic mass is 10.0. The summed E-state index contributed by atoms with van der Waals surface area (Å²) in [6, 6.07) is 7.78. The number of rotatable bonds is 4. The SMILES string of the molecule is Cc1ccc(C(O)CCc2cccnc2)cn1. The quantitative estimate of drug-likeness (QED) is 0.874. The second-order valence-corrected chi connectivity index (χ2v) is 4.15. The average molecular weight is 228 g/mol. The maximum absolute atomic E-state index is 10.0. The standard InChI is InChI=1S/C14H16N2O/c1-11-4-6-13(10-16-11)14(17)7-5-12-3-2-8-15-9-12/h2-4,6,8-10,14,17H,5,7H2,1H3. The normalized spacial score (nSPS) is 12.4. The predicted octanol–water partition coefficient (Wildman–Crippen LogP) is 2.45. The zero-order valence-electron chi connectivity index (χ0n) is 9.87. The molecule has 0 saturated carbocycles. The van der Waals surface area contributed by atoms with Crippen LogP contribution in [0.1, 0.15) is 29.3 Å². The zero-order chi connectivity index (χ0) is 12.1. The van der Waals surface area contributed by atoms with Crippen molar-refractivity contribution in [2.45, 2.75) is 25.9 Å². The highest BCUT2D eigenvalue weighted by molar-refractivity contribution is 5.16. The summed E-state index contributed by atoms with van der Waals surface area (Å²) in [4.78, 5) is 8.24. The van der Waals surface area contributed by atoms with Crippen LogP contribution in [0.15, 0.2) is 42.9 Å². The van der Waals surface area contributed by atoms with Crippen LogP contribution in [0.3, 0.4) is 0 Å². The molecule has 0 amide bonds. The van der Waals surface area contributed by atoms with Gasteiger partial charge in [-0.25, -0.2) is 0 Å². The van der Waals surface area contributed by atoms with Crippen LogP contribution in [0.5, 0.6) is 0 Å². The van der Waals surface area contributed by atoms with Gasteiger partial charge in [-0.1, -0.05) is 12.1 Å². The lowest BCUT2D eigenvalue weighted by Crippen LogP contribution is -2.00. The third kappa shape index (κ3) is 3.36. The van der Waals surface area contributed by atoms with Gasteiger partial charge in [0.05, 0.1) is 6.10 Å². The summed E-state index contributed by atoms with van der Waals surface area (Å²) < 4.78 is 0. The van der Waals surface area contributed by atoms with Gasteiger partial charge in [-0.15, -0.1) is 0 Å². The summed E-state index contributed by atoms with van der Waals surface area (Å²) in [6.45, 7) is 1.94. The average Bonchev–Trinajstić information content (AvgIpc) is 2.38. The van der Waals surface area contributed by atoms with E-state index in [1.165, 1.54) is 0 Å². The van der Waals surface area contributed by atoms with Crippen molar-refractivity contribution in [3.05, 3.63) is 59.7 Å². The predicted molar refractivity (Wildman–Crippen MR) is 66.5 cm³/mol. The van der Waals surface area contributed by atoms with Gasteiger partial charge in [-0.2, -0.15) is 0 Å². The Morgan fingerprint density at radius 2 is 2.12 bits per heavy atom. The minimum atomic E-state index is -0.455. The van der Waals surface area contributed by atoms with Gasteiger partial charge in [0.25, 0.3) is 0 Å². The Hall–Kier alpha value is -1.74. The molecule has 1 unspecified atom stereocenters. The van der Waals surface area contributed by atoms with E-state index in [-0.39, 0.29) is 0 Å². The van der Waals surface area contributed by atoms with E-state index in [1.807, 2.05) is 37.4 Å². The molecule has 0 aliphatic rings. The van der Waals surface area contributed by atoms with Crippen molar-refractivity contribution >= 4 is 0 Å². The lowest BCUT2D eigenvalue weighted by molar-refractivity contribution is 0.167. The summed E-state index contributed by atoms with van der Waals surface area (Å²) in [5.74, 6) is 0. The number of pyridine rings is 2. The molecule has 88 valence electrons. The Kier molecular flexibility index (Phi) is 3.83. The first-order chi connectivity index (χ1) is 8.25. The highest BCUT2D eigenvalue weighted by Crippen LogP contribution is 2.18. The van der Waals surface area contributed by atoms with Crippen molar-refractivity contribution in [1.82, 2.24) is 9.97 Å². The monoisotopic (exact) mass is 228 g/mol. The molecule has 0 bridgehead atoms. The summed E-state index contributed by atoms with van der Waals surface area (Å²) >= 11 is 0. The molecule has 0 saturated heterocycles. The van der Waals surface area contributed by atoms with Gasteiger partial charge in [0, 0.05) is 24.3 Å². The molecule has 2 aromatic heterocycles. The fourth-order valence-electron chi connectivity index (χ4n) is 1.69. The van der Waals surface area contributed by atoms with E-state index in [0.29, 0.717) is 6.42 Å². The van der Waals surface area contributed by atoms with Crippen molar-refractivity contribution in [3.8, 4) is 0 Å². The Labute approximate surface area is 101 Å². The van der Waals surface area contributed by atoms with E-state index in [9.17, 15) is 5.11 Å². The number of nitrogens with zero attached hydrogens (tertiary/aromatic N) is 2. The number of aliphatic hydroxyl groups is 1. The molecule has 2 heterocycles. The highest BCUT2D eigenvalue weighted by atomic mass is 16.3. The van der Waals surface area contributed by atoms with Crippen molar-refractivity contribution in [2.24, 2.45) is 0 Å². The van der Waals surface area contributed by atoms with Crippen LogP contribution in [0.4, 0.5) is 0 Å². The van der Waals surface area contributed by atoms with Crippen molar-refractivity contribution in [2.75, 3.05) is 0 Å². The van der Waals surface area contributed by atoms with Crippen LogP contribution in [0.25, 0.3) is 0 Å². The molecular formula is C14H16N2O. The maximum atomic E-state index is 10.0. The summed E-state index contributed by atoms with van der Waals surface area (Å²) in [5.41, 5.74) is 2.99. The topological polar surface area (TPSA) is 46.0 Å². The highest BCUT2D eigenvalue weighted by Gasteiger charge is 2.07. The van der Waals surface area contributed by atoms with Gasteiger partial charge in [0.1, 0.15) is 0 Å². The Morgan fingerprint density at radius 3 is 2.76 bits per heavy atom. The van der Waals surface area contributed by atoms with E-state index in [4.69, 9.17) is 0 Å². The summed E-state index contributed by atoms with van der Waals surface area (Å²) in [5, 5.41) is 10.0. The van der Waals surface area contributed by atoms with Crippen LogP contribution in [-0.4, -0.2) is 15.1 Å². The maximum Gasteiger partial charge on any atom is 0.0808 e. The van der Waals surface area contributed by atoms with Gasteiger partial charge in [-0.05, 0) is 43.0 Å². The molecule has 1 N–H and O–H groups in total. The molecule has 0 aliphatic heterocycles. The Morgan fingerprint density at radius 1 is 1.24 bits per heavy atom. The minimum absolute atomic E-state index is 0.455. The first-order valence-corrected chi connectivity index (χ1v) is 5.75. The molecular weight excluding hydrogens is 212 g/mol. The third-order valence-electron chi connectivity index (χ3n) is 2.75. The fourth-order valence-corrected chi connectivity index (χ4v) is 1.69. The molecule has 2 rings (SSSR count). The summed E-state index contributed by atoms with van der Waals surface area (Å²) in [7, 11) is 0. The van der Waals surface area contributed by atoms with E-state index in [1.54, 1.807) is 12.4 Å². The van der Waals surface area contributed by atoms with E-state index in [2.05, 4.69) is 9.97 Å². The number of aryl methyl sites for hydroxylation is 2. The van der Waals surface area contributed by atoms with Gasteiger partial charge in [-0.3, -0.25) is 9.97 Å². The zero-order valence-corrected chi connectivity index (χ0v) is 9.87. The van der Waals surface area contributed by atoms with Gasteiger partial charge < -0.3 is 5.11 Å². The van der Waals surface area contributed by atoms with E-state index in [0.717, 1.165) is 23.2 Å². The van der Waals surface area contributed by atoms with Crippen LogP contribution >= 0.6 is 0 Å². The Bertz CT molecular complexity index is 453. The molecule has 0 radical (unpaired) electrons. The molecule has 3 heteroatoms. The van der Waals surface area contributed by atoms with E-state index >= 15 is 0 Å². The fraction of sp³-hybridized carbons (Fsp3) is 0.286. The number of aliphatic hydroxyl groups excluding tert-OH is 1. The largest absolute Gasteiger partial charge is 0.388 e. The number of hydrogen-bond acceptors (Lipinski definition) is 3. The van der Waals surface area contributed by atoms with Crippen LogP contribution < -0.4 is 0 Å². The van der Waals surface area contributed by atoms with Crippen molar-refractivity contribution in [1.29, 1.82) is 0 Å². The van der Waals surface area contributed by atoms with Crippen LogP contribution in [0.2, 0.25) is 0 Å². The smallest absolute Gasteiger partial charge is 0.0808 e. The third-order valence-corrected chi connectivity index (χ3v) is 2.75. The number of hydrogen-bond donors (Lipinski definition) is 1. The first-order valence-electron chi connectivity index (χ1n) is 5.75. The van der Waals surface area contributed by atoms with Crippen molar-refractivity contribution < 1.29 is 5.11 Å². The first kappa shape index (κ1) is 11.7. The molecule has 1 atom stereocenters. The van der Waals surface area contributed by atoms with E-state index < -0.39 is 6.10 Å². The molecule has 0 aliphatic carbocycles. The minimum Gasteiger partial charge on any atom is -0.388 e.